The number of alkyl halides is 3. The molecule has 0 unspecified atom stereocenters. The van der Waals surface area contributed by atoms with Gasteiger partial charge in [-0.2, -0.15) is 13.2 Å². The molecule has 1 aromatic carbocycles. The van der Waals surface area contributed by atoms with Crippen molar-refractivity contribution in [1.82, 2.24) is 0 Å². The fourth-order valence-electron chi connectivity index (χ4n) is 1.17. The number of ether oxygens (including phenoxy) is 1. The van der Waals surface area contributed by atoms with Gasteiger partial charge in [0.05, 0.1) is 7.11 Å². The molecule has 0 bridgehead atoms. The number of nitrogens with zero attached hydrogens (tertiary/aromatic N) is 1. The smallest absolute Gasteiger partial charge is 0.433 e. The summed E-state index contributed by atoms with van der Waals surface area (Å²) in [6.07, 6.45) is -4.43. The first kappa shape index (κ1) is 11.6. The van der Waals surface area contributed by atoms with Crippen LogP contribution in [0.25, 0.3) is 0 Å². The van der Waals surface area contributed by atoms with Crippen LogP contribution in [0, 0.1) is 0 Å². The summed E-state index contributed by atoms with van der Waals surface area (Å²) in [6.45, 7) is 0. The first-order chi connectivity index (χ1) is 6.99. The van der Waals surface area contributed by atoms with E-state index in [2.05, 4.69) is 4.99 Å². The van der Waals surface area contributed by atoms with E-state index in [1.807, 2.05) is 0 Å². The monoisotopic (exact) mass is 217 g/mol. The van der Waals surface area contributed by atoms with Crippen molar-refractivity contribution >= 4 is 5.71 Å². The topological polar surface area (TPSA) is 21.6 Å². The third-order valence-corrected chi connectivity index (χ3v) is 1.86. The molecule has 0 N–H and O–H groups in total. The summed E-state index contributed by atoms with van der Waals surface area (Å²) in [6, 6.07) is 5.59. The van der Waals surface area contributed by atoms with E-state index in [1.54, 1.807) is 0 Å². The number of hydrogen-bond donors (Lipinski definition) is 0. The zero-order chi connectivity index (χ0) is 11.5. The van der Waals surface area contributed by atoms with Crippen molar-refractivity contribution in [2.24, 2.45) is 4.99 Å². The Kier molecular flexibility index (Phi) is 3.34. The lowest BCUT2D eigenvalue weighted by Crippen LogP contribution is -2.23. The Morgan fingerprint density at radius 3 is 2.07 bits per heavy atom. The highest BCUT2D eigenvalue weighted by molar-refractivity contribution is 6.04. The summed E-state index contributed by atoms with van der Waals surface area (Å²) in [7, 11) is 2.57. The standard InChI is InChI=1S/C10H10F3NO/c1-14-9(10(11,12)13)7-3-5-8(15-2)6-4-7/h3-6H,1-2H3. The third-order valence-electron chi connectivity index (χ3n) is 1.86. The number of aliphatic imine (C=N–C) groups is 1. The minimum atomic E-state index is -4.43. The maximum atomic E-state index is 12.4. The number of rotatable bonds is 2. The van der Waals surface area contributed by atoms with E-state index in [9.17, 15) is 13.2 Å². The number of hydrogen-bond acceptors (Lipinski definition) is 2. The number of halogens is 3. The van der Waals surface area contributed by atoms with Crippen LogP contribution >= 0.6 is 0 Å². The molecule has 0 saturated heterocycles. The molecule has 0 aliphatic carbocycles. The second-order valence-corrected chi connectivity index (χ2v) is 2.80. The Hall–Kier alpha value is -1.52. The normalized spacial score (nSPS) is 12.7. The van der Waals surface area contributed by atoms with Crippen LogP contribution in [0.3, 0.4) is 0 Å². The molecule has 0 aliphatic rings. The van der Waals surface area contributed by atoms with Crippen LogP contribution in [0.4, 0.5) is 13.2 Å². The molecule has 0 spiro atoms. The van der Waals surface area contributed by atoms with Gasteiger partial charge in [0.2, 0.25) is 0 Å². The van der Waals surface area contributed by atoms with Crippen molar-refractivity contribution in [2.75, 3.05) is 14.2 Å². The summed E-state index contributed by atoms with van der Waals surface area (Å²) >= 11 is 0. The Morgan fingerprint density at radius 1 is 1.20 bits per heavy atom. The predicted octanol–water partition coefficient (Wildman–Crippen LogP) is 2.68. The van der Waals surface area contributed by atoms with E-state index in [1.165, 1.54) is 31.4 Å². The van der Waals surface area contributed by atoms with Gasteiger partial charge in [-0.05, 0) is 24.3 Å². The molecule has 0 aliphatic heterocycles. The Bertz CT molecular complexity index is 354. The average Bonchev–Trinajstić information content (AvgIpc) is 2.18. The van der Waals surface area contributed by atoms with Crippen LogP contribution in [0.5, 0.6) is 5.75 Å². The minimum absolute atomic E-state index is 0.0331. The lowest BCUT2D eigenvalue weighted by molar-refractivity contribution is -0.0581. The molecular formula is C10H10F3NO. The van der Waals surface area contributed by atoms with Gasteiger partial charge in [0.15, 0.2) is 0 Å². The SMILES string of the molecule is CN=C(c1ccc(OC)cc1)C(F)(F)F. The summed E-state index contributed by atoms with van der Waals surface area (Å²) in [4.78, 5) is 3.24. The Balaban J connectivity index is 3.05. The van der Waals surface area contributed by atoms with E-state index in [0.717, 1.165) is 7.05 Å². The first-order valence-corrected chi connectivity index (χ1v) is 4.17. The summed E-state index contributed by atoms with van der Waals surface area (Å²) in [5, 5.41) is 0. The van der Waals surface area contributed by atoms with Crippen molar-refractivity contribution in [1.29, 1.82) is 0 Å². The molecule has 0 atom stereocenters. The number of methoxy groups -OCH3 is 1. The molecular weight excluding hydrogens is 207 g/mol. The fourth-order valence-corrected chi connectivity index (χ4v) is 1.17. The van der Waals surface area contributed by atoms with Crippen molar-refractivity contribution in [2.45, 2.75) is 6.18 Å². The van der Waals surface area contributed by atoms with E-state index in [-0.39, 0.29) is 5.56 Å². The van der Waals surface area contributed by atoms with Crippen molar-refractivity contribution in [3.8, 4) is 5.75 Å². The highest BCUT2D eigenvalue weighted by atomic mass is 19.4. The summed E-state index contributed by atoms with van der Waals surface area (Å²) in [5.41, 5.74) is -0.851. The van der Waals surface area contributed by atoms with Crippen LogP contribution in [-0.2, 0) is 0 Å². The van der Waals surface area contributed by atoms with Gasteiger partial charge in [-0.15, -0.1) is 0 Å². The van der Waals surface area contributed by atoms with Crippen LogP contribution < -0.4 is 4.74 Å². The third kappa shape index (κ3) is 2.71. The molecule has 5 heteroatoms. The maximum absolute atomic E-state index is 12.4. The fraction of sp³-hybridized carbons (Fsp3) is 0.300. The molecule has 0 heterocycles. The molecule has 1 aromatic rings. The molecule has 1 rings (SSSR count). The van der Waals surface area contributed by atoms with Gasteiger partial charge in [-0.1, -0.05) is 0 Å². The quantitative estimate of drug-likeness (QED) is 0.698. The number of benzene rings is 1. The molecule has 0 amide bonds. The summed E-state index contributed by atoms with van der Waals surface area (Å²) in [5.74, 6) is 0.511. The van der Waals surface area contributed by atoms with Crippen LogP contribution in [0.15, 0.2) is 29.3 Å². The highest BCUT2D eigenvalue weighted by Gasteiger charge is 2.36. The molecule has 0 radical (unpaired) electrons. The van der Waals surface area contributed by atoms with Gasteiger partial charge >= 0.3 is 6.18 Å². The van der Waals surface area contributed by atoms with Gasteiger partial charge < -0.3 is 4.74 Å². The van der Waals surface area contributed by atoms with E-state index in [4.69, 9.17) is 4.74 Å². The van der Waals surface area contributed by atoms with E-state index >= 15 is 0 Å². The lowest BCUT2D eigenvalue weighted by Gasteiger charge is -2.10. The molecule has 15 heavy (non-hydrogen) atoms. The van der Waals surface area contributed by atoms with E-state index in [0.29, 0.717) is 5.75 Å². The van der Waals surface area contributed by atoms with Crippen LogP contribution in [0.1, 0.15) is 5.56 Å². The molecule has 0 saturated carbocycles. The van der Waals surface area contributed by atoms with Crippen LogP contribution in [-0.4, -0.2) is 26.0 Å². The minimum Gasteiger partial charge on any atom is -0.497 e. The Morgan fingerprint density at radius 2 is 1.73 bits per heavy atom. The molecule has 82 valence electrons. The van der Waals surface area contributed by atoms with Gasteiger partial charge in [0.1, 0.15) is 11.5 Å². The second-order valence-electron chi connectivity index (χ2n) is 2.80. The molecule has 0 fully saturated rings. The first-order valence-electron chi connectivity index (χ1n) is 4.17. The zero-order valence-corrected chi connectivity index (χ0v) is 8.30. The van der Waals surface area contributed by atoms with Gasteiger partial charge in [-0.25, -0.2) is 0 Å². The average molecular weight is 217 g/mol. The maximum Gasteiger partial charge on any atom is 0.433 e. The largest absolute Gasteiger partial charge is 0.497 e. The van der Waals surface area contributed by atoms with Gasteiger partial charge in [0, 0.05) is 12.6 Å². The summed E-state index contributed by atoms with van der Waals surface area (Å²) < 4.78 is 42.1. The van der Waals surface area contributed by atoms with Crippen LogP contribution in [0.2, 0.25) is 0 Å². The zero-order valence-electron chi connectivity index (χ0n) is 8.30. The van der Waals surface area contributed by atoms with Crippen molar-refractivity contribution < 1.29 is 17.9 Å². The van der Waals surface area contributed by atoms with Gasteiger partial charge in [-0.3, -0.25) is 4.99 Å². The highest BCUT2D eigenvalue weighted by Crippen LogP contribution is 2.23. The Labute approximate surface area is 85.4 Å². The molecule has 0 aromatic heterocycles. The van der Waals surface area contributed by atoms with Gasteiger partial charge in [0.25, 0.3) is 0 Å². The lowest BCUT2D eigenvalue weighted by atomic mass is 10.1. The van der Waals surface area contributed by atoms with Crippen molar-refractivity contribution in [3.05, 3.63) is 29.8 Å². The van der Waals surface area contributed by atoms with E-state index < -0.39 is 11.9 Å². The predicted molar refractivity (Wildman–Crippen MR) is 51.5 cm³/mol. The second kappa shape index (κ2) is 4.33. The molecule has 2 nitrogen and oxygen atoms in total. The van der Waals surface area contributed by atoms with Crippen molar-refractivity contribution in [3.63, 3.8) is 0 Å².